The second-order valence-electron chi connectivity index (χ2n) is 11.6. The van der Waals surface area contributed by atoms with Crippen LogP contribution in [0.2, 0.25) is 0 Å². The number of phenols is 1. The molecule has 0 atom stereocenters. The van der Waals surface area contributed by atoms with Gasteiger partial charge in [-0.1, -0.05) is 18.2 Å². The van der Waals surface area contributed by atoms with E-state index in [0.717, 1.165) is 11.3 Å². The van der Waals surface area contributed by atoms with Crippen LogP contribution >= 0.6 is 0 Å². The Labute approximate surface area is 302 Å². The lowest BCUT2D eigenvalue weighted by molar-refractivity contribution is 0.378. The Morgan fingerprint density at radius 2 is 0.554 bits per heavy atom. The van der Waals surface area contributed by atoms with Crippen molar-refractivity contribution in [2.75, 3.05) is 12.5 Å². The number of para-hydroxylation sites is 1. The van der Waals surface area contributed by atoms with Gasteiger partial charge in [0.05, 0.1) is 12.5 Å². The zero-order valence-corrected chi connectivity index (χ0v) is 27.8. The Balaban J connectivity index is 0.000000544. The summed E-state index contributed by atoms with van der Waals surface area (Å²) in [5.41, 5.74) is -13.3. The molecule has 0 radical (unpaired) electrons. The highest BCUT2D eigenvalue weighted by Gasteiger charge is 2.52. The van der Waals surface area contributed by atoms with Gasteiger partial charge >= 0.3 is 0 Å². The minimum absolute atomic E-state index is 0.363. The number of aromatic hydroxyl groups is 1. The Morgan fingerprint density at radius 3 is 0.750 bits per heavy atom. The van der Waals surface area contributed by atoms with Gasteiger partial charge in [0.15, 0.2) is 69.8 Å². The third kappa shape index (κ3) is 6.65. The van der Waals surface area contributed by atoms with Gasteiger partial charge in [-0.05, 0) is 17.0 Å². The number of phenolic OH excluding ortho intramolecular Hbond substituents is 1. The maximum absolute atomic E-state index is 15.4. The molecule has 56 heavy (non-hydrogen) atoms. The summed E-state index contributed by atoms with van der Waals surface area (Å²) in [5, 5.41) is 9.36. The van der Waals surface area contributed by atoms with Crippen molar-refractivity contribution in [3.63, 3.8) is 0 Å². The van der Waals surface area contributed by atoms with Crippen LogP contribution in [0.5, 0.6) is 5.75 Å². The normalized spacial score (nSPS) is 11.7. The zero-order valence-electron chi connectivity index (χ0n) is 27.0. The van der Waals surface area contributed by atoms with E-state index in [-0.39, 0.29) is 0 Å². The molecule has 0 bridgehead atoms. The predicted molar refractivity (Wildman–Crippen MR) is 160 cm³/mol. The van der Waals surface area contributed by atoms with E-state index >= 15 is 35.1 Å². The molecule has 0 heterocycles. The van der Waals surface area contributed by atoms with Crippen LogP contribution in [-0.4, -0.2) is 23.8 Å². The molecule has 23 heteroatoms. The topological polar surface area (TPSA) is 20.2 Å². The molecule has 0 aliphatic carbocycles. The molecular weight excluding hydrogens is 835 g/mol. The van der Waals surface area contributed by atoms with Crippen molar-refractivity contribution in [1.82, 2.24) is 0 Å². The first kappa shape index (κ1) is 43.6. The molecule has 0 amide bonds. The number of benzene rings is 5. The van der Waals surface area contributed by atoms with Gasteiger partial charge in [0, 0.05) is 5.56 Å². The molecule has 1 N–H and O–H groups in total. The standard InChI is InChI=1S/C24BF20.C9H12OS/c26-5-1(6(27)14(35)21(42)13(5)34)25(2-7(28)15(36)22(43)16(37)8(2)29,3-9(30)17(38)23(44)18(39)10(3)31)4-11(32)19(40)24(45)20(41)12(4)33;1-11(2)7-8-5-3-4-6-9(8)10/h;3-6H,7H2,1-2H3/q-1;/p+1. The van der Waals surface area contributed by atoms with Gasteiger partial charge in [0.2, 0.25) is 0 Å². The van der Waals surface area contributed by atoms with E-state index in [2.05, 4.69) is 12.5 Å². The number of hydrogen-bond acceptors (Lipinski definition) is 1. The smallest absolute Gasteiger partial charge is 0.200 e. The lowest BCUT2D eigenvalue weighted by Gasteiger charge is -2.44. The largest absolute Gasteiger partial charge is 0.507 e. The first-order valence-electron chi connectivity index (χ1n) is 14.4. The quantitative estimate of drug-likeness (QED) is 0.0614. The Morgan fingerprint density at radius 1 is 0.357 bits per heavy atom. The second kappa shape index (κ2) is 15.8. The molecule has 0 spiro atoms. The Hall–Kier alpha value is -5.09. The van der Waals surface area contributed by atoms with Crippen molar-refractivity contribution in [3.8, 4) is 5.75 Å². The van der Waals surface area contributed by atoms with Crippen LogP contribution in [0, 0.1) is 116 Å². The van der Waals surface area contributed by atoms with Crippen LogP contribution in [0.3, 0.4) is 0 Å². The summed E-state index contributed by atoms with van der Waals surface area (Å²) in [5.74, 6) is -70.0. The summed E-state index contributed by atoms with van der Waals surface area (Å²) < 4.78 is 294. The van der Waals surface area contributed by atoms with Gasteiger partial charge in [0.25, 0.3) is 0 Å². The molecule has 0 unspecified atom stereocenters. The first-order chi connectivity index (χ1) is 25.9. The summed E-state index contributed by atoms with van der Waals surface area (Å²) in [6.07, 6.45) is -2.87. The van der Waals surface area contributed by atoms with Gasteiger partial charge in [-0.3, -0.25) is 0 Å². The number of rotatable bonds is 6. The summed E-state index contributed by atoms with van der Waals surface area (Å²) in [6, 6.07) is 7.52. The molecule has 0 saturated carbocycles. The summed E-state index contributed by atoms with van der Waals surface area (Å²) >= 11 is 0. The highest BCUT2D eigenvalue weighted by molar-refractivity contribution is 7.94. The van der Waals surface area contributed by atoms with E-state index in [0.29, 0.717) is 16.6 Å². The minimum Gasteiger partial charge on any atom is -0.507 e. The molecular formula is C33H13BF20OS. The molecule has 5 rings (SSSR count). The third-order valence-corrected chi connectivity index (χ3v) is 9.03. The van der Waals surface area contributed by atoms with Crippen LogP contribution in [0.25, 0.3) is 0 Å². The second-order valence-corrected chi connectivity index (χ2v) is 13.8. The highest BCUT2D eigenvalue weighted by atomic mass is 32.2. The molecule has 0 saturated heterocycles. The summed E-state index contributed by atoms with van der Waals surface area (Å²) in [4.78, 5) is 0. The highest BCUT2D eigenvalue weighted by Crippen LogP contribution is 2.30. The van der Waals surface area contributed by atoms with E-state index in [4.69, 9.17) is 0 Å². The molecule has 300 valence electrons. The maximum Gasteiger partial charge on any atom is 0.200 e. The van der Waals surface area contributed by atoms with Gasteiger partial charge in [-0.15, -0.1) is 21.9 Å². The summed E-state index contributed by atoms with van der Waals surface area (Å²) in [6.45, 7) is 0. The summed E-state index contributed by atoms with van der Waals surface area (Å²) in [7, 11) is 0.363. The number of halogens is 20. The molecule has 0 aliphatic heterocycles. The van der Waals surface area contributed by atoms with E-state index in [1.807, 2.05) is 18.2 Å². The maximum atomic E-state index is 15.4. The van der Waals surface area contributed by atoms with Crippen LogP contribution in [0.4, 0.5) is 87.8 Å². The van der Waals surface area contributed by atoms with Crippen LogP contribution in [-0.2, 0) is 16.6 Å². The first-order valence-corrected chi connectivity index (χ1v) is 16.7. The van der Waals surface area contributed by atoms with Crippen LogP contribution in [0.15, 0.2) is 24.3 Å². The van der Waals surface area contributed by atoms with Crippen molar-refractivity contribution in [3.05, 3.63) is 146 Å². The van der Waals surface area contributed by atoms with E-state index < -0.39 is 144 Å². The molecule has 0 fully saturated rings. The van der Waals surface area contributed by atoms with Crippen molar-refractivity contribution in [1.29, 1.82) is 0 Å². The van der Waals surface area contributed by atoms with Gasteiger partial charge in [-0.25, -0.2) is 87.8 Å². The van der Waals surface area contributed by atoms with Crippen molar-refractivity contribution in [2.24, 2.45) is 0 Å². The average Bonchev–Trinajstić information content (AvgIpc) is 3.15. The molecule has 1 nitrogen and oxygen atoms in total. The van der Waals surface area contributed by atoms with Crippen molar-refractivity contribution < 1.29 is 92.9 Å². The third-order valence-electron chi connectivity index (χ3n) is 8.14. The fourth-order valence-corrected chi connectivity index (χ4v) is 6.68. The molecule has 5 aromatic carbocycles. The van der Waals surface area contributed by atoms with Gasteiger partial charge in [-0.2, -0.15) is 0 Å². The van der Waals surface area contributed by atoms with E-state index in [9.17, 15) is 57.8 Å². The van der Waals surface area contributed by atoms with Crippen molar-refractivity contribution >= 4 is 38.9 Å². The fourth-order valence-electron chi connectivity index (χ4n) is 5.82. The Bertz CT molecular complexity index is 2020. The van der Waals surface area contributed by atoms with Gasteiger partial charge in [0.1, 0.15) is 64.2 Å². The van der Waals surface area contributed by atoms with Crippen LogP contribution in [0.1, 0.15) is 5.56 Å². The molecule has 0 aromatic heterocycles. The predicted octanol–water partition coefficient (Wildman–Crippen LogP) is 7.62. The molecule has 5 aromatic rings. The monoisotopic (exact) mass is 848 g/mol. The number of hydrogen-bond donors (Lipinski definition) is 1. The van der Waals surface area contributed by atoms with Crippen molar-refractivity contribution in [2.45, 2.75) is 5.75 Å². The fraction of sp³-hybridized carbons (Fsp3) is 0.0909. The van der Waals surface area contributed by atoms with Gasteiger partial charge < -0.3 is 5.11 Å². The lowest BCUT2D eigenvalue weighted by Crippen LogP contribution is -2.81. The zero-order chi connectivity index (χ0) is 42.6. The Kier molecular flexibility index (Phi) is 12.3. The van der Waals surface area contributed by atoms with E-state index in [1.165, 1.54) is 0 Å². The minimum atomic E-state index is -7.22. The lowest BCUT2D eigenvalue weighted by atomic mass is 9.12. The van der Waals surface area contributed by atoms with Crippen LogP contribution < -0.4 is 21.9 Å². The molecule has 0 aliphatic rings. The SMILES string of the molecule is C[S+](C)Cc1ccccc1O.Fc1c(F)c(F)c([B-](c2c(F)c(F)c(F)c(F)c2F)(c2c(F)c(F)c(F)c(F)c2F)c2c(F)c(F)c(F)c(F)c2F)c(F)c1F. The van der Waals surface area contributed by atoms with E-state index in [1.54, 1.807) is 6.07 Å². The average molecular weight is 848 g/mol.